The van der Waals surface area contributed by atoms with E-state index in [4.69, 9.17) is 4.74 Å². The van der Waals surface area contributed by atoms with Crippen molar-refractivity contribution in [2.45, 2.75) is 38.6 Å². The van der Waals surface area contributed by atoms with Gasteiger partial charge >= 0.3 is 5.97 Å². The predicted octanol–water partition coefficient (Wildman–Crippen LogP) is 4.17. The summed E-state index contributed by atoms with van der Waals surface area (Å²) in [5.41, 5.74) is 2.13. The third kappa shape index (κ3) is 4.23. The van der Waals surface area contributed by atoms with Gasteiger partial charge in [-0.1, -0.05) is 43.3 Å². The van der Waals surface area contributed by atoms with Gasteiger partial charge in [-0.25, -0.2) is 4.79 Å². The Morgan fingerprint density at radius 1 is 1.11 bits per heavy atom. The molecule has 1 saturated heterocycles. The highest BCUT2D eigenvalue weighted by molar-refractivity contribution is 5.99. The predicted molar refractivity (Wildman–Crippen MR) is 107 cm³/mol. The number of ether oxygens (including phenoxy) is 1. The molecule has 1 aliphatic rings. The lowest BCUT2D eigenvalue weighted by Gasteiger charge is -2.35. The van der Waals surface area contributed by atoms with Gasteiger partial charge in [-0.3, -0.25) is 4.79 Å². The minimum absolute atomic E-state index is 0.144. The molecule has 144 valence electrons. The van der Waals surface area contributed by atoms with Crippen molar-refractivity contribution in [3.05, 3.63) is 59.7 Å². The minimum Gasteiger partial charge on any atom is -0.452 e. The third-order valence-corrected chi connectivity index (χ3v) is 5.23. The van der Waals surface area contributed by atoms with Gasteiger partial charge in [0.25, 0.3) is 5.91 Å². The minimum atomic E-state index is -0.554. The molecule has 2 aromatic rings. The van der Waals surface area contributed by atoms with Gasteiger partial charge in [0.05, 0.1) is 17.2 Å². The maximum absolute atomic E-state index is 12.7. The number of likely N-dealkylation sites (tertiary alicyclic amines) is 1. The van der Waals surface area contributed by atoms with Crippen LogP contribution in [0.4, 0.5) is 0 Å². The van der Waals surface area contributed by atoms with Crippen LogP contribution in [-0.4, -0.2) is 36.0 Å². The van der Waals surface area contributed by atoms with Gasteiger partial charge in [0, 0.05) is 18.2 Å². The topological polar surface area (TPSA) is 70.4 Å². The molecule has 0 saturated carbocycles. The third-order valence-electron chi connectivity index (χ3n) is 5.23. The fraction of sp³-hybridized carbons (Fsp3) is 0.348. The lowest BCUT2D eigenvalue weighted by atomic mass is 9.96. The molecule has 5 nitrogen and oxygen atoms in total. The lowest BCUT2D eigenvalue weighted by Crippen LogP contribution is -2.45. The maximum atomic E-state index is 12.7. The molecule has 1 fully saturated rings. The number of nitrogens with zero attached hydrogens (tertiary/aromatic N) is 2. The van der Waals surface area contributed by atoms with E-state index in [0.29, 0.717) is 22.3 Å². The molecular weight excluding hydrogens is 352 g/mol. The van der Waals surface area contributed by atoms with Crippen LogP contribution >= 0.6 is 0 Å². The second-order valence-electron chi connectivity index (χ2n) is 6.92. The Morgan fingerprint density at radius 3 is 2.57 bits per heavy atom. The van der Waals surface area contributed by atoms with Crippen molar-refractivity contribution in [2.75, 3.05) is 13.2 Å². The highest BCUT2D eigenvalue weighted by Gasteiger charge is 2.26. The lowest BCUT2D eigenvalue weighted by molar-refractivity contribution is -0.138. The van der Waals surface area contributed by atoms with Crippen LogP contribution in [0.3, 0.4) is 0 Å². The Morgan fingerprint density at radius 2 is 1.82 bits per heavy atom. The maximum Gasteiger partial charge on any atom is 0.339 e. The zero-order chi connectivity index (χ0) is 19.9. The van der Waals surface area contributed by atoms with E-state index in [-0.39, 0.29) is 18.6 Å². The zero-order valence-electron chi connectivity index (χ0n) is 16.1. The molecular formula is C23H24N2O3. The highest BCUT2D eigenvalue weighted by Crippen LogP contribution is 2.27. The highest BCUT2D eigenvalue weighted by atomic mass is 16.5. The van der Waals surface area contributed by atoms with Crippen LogP contribution in [0.5, 0.6) is 0 Å². The quantitative estimate of drug-likeness (QED) is 0.734. The molecule has 0 aromatic heterocycles. The molecule has 0 spiro atoms. The zero-order valence-corrected chi connectivity index (χ0v) is 16.1. The van der Waals surface area contributed by atoms with Gasteiger partial charge in [0.1, 0.15) is 0 Å². The van der Waals surface area contributed by atoms with Gasteiger partial charge in [-0.2, -0.15) is 5.26 Å². The Kier molecular flexibility index (Phi) is 6.44. The summed E-state index contributed by atoms with van der Waals surface area (Å²) in [6, 6.07) is 16.5. The second-order valence-corrected chi connectivity index (χ2v) is 6.92. The van der Waals surface area contributed by atoms with Gasteiger partial charge in [0.15, 0.2) is 6.61 Å². The molecule has 1 atom stereocenters. The molecule has 5 heteroatoms. The van der Waals surface area contributed by atoms with E-state index in [1.54, 1.807) is 36.4 Å². The summed E-state index contributed by atoms with van der Waals surface area (Å²) in [6.07, 6.45) is 4.04. The molecule has 0 unspecified atom stereocenters. The van der Waals surface area contributed by atoms with Crippen LogP contribution in [0.1, 0.15) is 48.5 Å². The van der Waals surface area contributed by atoms with Crippen molar-refractivity contribution in [1.29, 1.82) is 5.26 Å². The Hall–Kier alpha value is -3.13. The van der Waals surface area contributed by atoms with Crippen molar-refractivity contribution in [3.63, 3.8) is 0 Å². The Labute approximate surface area is 165 Å². The number of nitriles is 1. The normalized spacial score (nSPS) is 16.3. The summed E-state index contributed by atoms with van der Waals surface area (Å²) in [4.78, 5) is 27.1. The average molecular weight is 376 g/mol. The number of rotatable bonds is 5. The monoisotopic (exact) mass is 376 g/mol. The summed E-state index contributed by atoms with van der Waals surface area (Å²) in [6.45, 7) is 2.54. The van der Waals surface area contributed by atoms with E-state index in [0.717, 1.165) is 32.2 Å². The molecule has 0 bridgehead atoms. The van der Waals surface area contributed by atoms with E-state index >= 15 is 0 Å². The standard InChI is InChI=1S/C23H24N2O3/c1-2-18-10-7-8-14-25(18)22(26)16-28-23(27)21-13-6-5-12-20(21)19-11-4-3-9-17(19)15-24/h3-6,9,11-13,18H,2,7-8,10,14,16H2,1H3/t18-/m1/s1. The number of esters is 1. The van der Waals surface area contributed by atoms with E-state index < -0.39 is 5.97 Å². The fourth-order valence-electron chi connectivity index (χ4n) is 3.75. The summed E-state index contributed by atoms with van der Waals surface area (Å²) >= 11 is 0. The van der Waals surface area contributed by atoms with E-state index in [1.165, 1.54) is 0 Å². The van der Waals surface area contributed by atoms with Crippen molar-refractivity contribution in [3.8, 4) is 17.2 Å². The summed E-state index contributed by atoms with van der Waals surface area (Å²) in [5, 5.41) is 9.36. The Bertz CT molecular complexity index is 901. The molecule has 28 heavy (non-hydrogen) atoms. The van der Waals surface area contributed by atoms with Gasteiger partial charge in [0.2, 0.25) is 0 Å². The van der Waals surface area contributed by atoms with Crippen molar-refractivity contribution < 1.29 is 14.3 Å². The summed E-state index contributed by atoms with van der Waals surface area (Å²) in [5.74, 6) is -0.698. The molecule has 1 aliphatic heterocycles. The molecule has 0 aliphatic carbocycles. The molecule has 0 radical (unpaired) electrons. The van der Waals surface area contributed by atoms with E-state index in [9.17, 15) is 14.9 Å². The van der Waals surface area contributed by atoms with E-state index in [2.05, 4.69) is 13.0 Å². The first-order chi connectivity index (χ1) is 13.7. The Balaban J connectivity index is 1.75. The first kappa shape index (κ1) is 19.6. The summed E-state index contributed by atoms with van der Waals surface area (Å²) < 4.78 is 5.36. The van der Waals surface area contributed by atoms with Crippen LogP contribution in [0.15, 0.2) is 48.5 Å². The van der Waals surface area contributed by atoms with Gasteiger partial charge in [-0.05, 0) is 43.4 Å². The number of piperidine rings is 1. The first-order valence-electron chi connectivity index (χ1n) is 9.70. The van der Waals surface area contributed by atoms with Crippen LogP contribution < -0.4 is 0 Å². The largest absolute Gasteiger partial charge is 0.452 e. The SMILES string of the molecule is CC[C@@H]1CCCCN1C(=O)COC(=O)c1ccccc1-c1ccccc1C#N. The van der Waals surface area contributed by atoms with Crippen molar-refractivity contribution >= 4 is 11.9 Å². The summed E-state index contributed by atoms with van der Waals surface area (Å²) in [7, 11) is 0. The molecule has 1 heterocycles. The average Bonchev–Trinajstić information content (AvgIpc) is 2.77. The van der Waals surface area contributed by atoms with Crippen LogP contribution in [0, 0.1) is 11.3 Å². The molecule has 3 rings (SSSR count). The van der Waals surface area contributed by atoms with Crippen molar-refractivity contribution in [1.82, 2.24) is 4.90 Å². The molecule has 1 amide bonds. The van der Waals surface area contributed by atoms with Gasteiger partial charge in [-0.15, -0.1) is 0 Å². The second kappa shape index (κ2) is 9.18. The molecule has 0 N–H and O–H groups in total. The number of carbonyl (C=O) groups excluding carboxylic acids is 2. The van der Waals surface area contributed by atoms with E-state index in [1.807, 2.05) is 17.0 Å². The molecule has 2 aromatic carbocycles. The van der Waals surface area contributed by atoms with Crippen LogP contribution in [0.2, 0.25) is 0 Å². The number of hydrogen-bond acceptors (Lipinski definition) is 4. The van der Waals surface area contributed by atoms with Crippen LogP contribution in [-0.2, 0) is 9.53 Å². The van der Waals surface area contributed by atoms with Crippen LogP contribution in [0.25, 0.3) is 11.1 Å². The fourth-order valence-corrected chi connectivity index (χ4v) is 3.75. The number of hydrogen-bond donors (Lipinski definition) is 0. The van der Waals surface area contributed by atoms with Crippen molar-refractivity contribution in [2.24, 2.45) is 0 Å². The smallest absolute Gasteiger partial charge is 0.339 e. The number of benzene rings is 2. The first-order valence-corrected chi connectivity index (χ1v) is 9.70. The number of carbonyl (C=O) groups is 2. The number of amides is 1. The van der Waals surface area contributed by atoms with Gasteiger partial charge < -0.3 is 9.64 Å².